The maximum absolute atomic E-state index is 11.9. The molecule has 28 heavy (non-hydrogen) atoms. The predicted octanol–water partition coefficient (Wildman–Crippen LogP) is 7.59. The molecule has 1 N–H and O–H groups in total. The number of hydrogen-bond acceptors (Lipinski definition) is 3. The van der Waals surface area contributed by atoms with E-state index in [2.05, 4.69) is 6.92 Å². The number of rotatable bonds is 21. The van der Waals surface area contributed by atoms with E-state index in [1.807, 2.05) is 13.8 Å². The first kappa shape index (κ1) is 27.4. The summed E-state index contributed by atoms with van der Waals surface area (Å²) in [6.45, 7) is 6.81. The van der Waals surface area contributed by atoms with E-state index in [0.29, 0.717) is 13.0 Å². The largest absolute Gasteiger partial charge is 0.465 e. The molecule has 168 valence electrons. The average molecular weight is 399 g/mol. The molecular weight excluding hydrogens is 348 g/mol. The fraction of sp³-hybridized carbons (Fsp3) is 0.960. The van der Waals surface area contributed by atoms with Gasteiger partial charge in [-0.1, -0.05) is 111 Å². The van der Waals surface area contributed by atoms with Crippen LogP contribution in [0.15, 0.2) is 0 Å². The Kier molecular flexibility index (Phi) is 19.3. The first-order chi connectivity index (χ1) is 13.6. The van der Waals surface area contributed by atoms with Gasteiger partial charge in [0.1, 0.15) is 0 Å². The minimum atomic E-state index is -0.245. The highest BCUT2D eigenvalue weighted by Crippen LogP contribution is 2.26. The van der Waals surface area contributed by atoms with Crippen molar-refractivity contribution < 1.29 is 14.6 Å². The molecule has 0 saturated heterocycles. The monoisotopic (exact) mass is 398 g/mol. The Bertz CT molecular complexity index is 328. The van der Waals surface area contributed by atoms with Gasteiger partial charge in [0.2, 0.25) is 0 Å². The molecule has 0 aromatic rings. The fourth-order valence-electron chi connectivity index (χ4n) is 3.67. The molecular formula is C25H50O3. The summed E-state index contributed by atoms with van der Waals surface area (Å²) >= 11 is 0. The first-order valence-corrected chi connectivity index (χ1v) is 12.4. The molecule has 3 heteroatoms. The number of ether oxygens (including phenoxy) is 1. The molecule has 0 bridgehead atoms. The van der Waals surface area contributed by atoms with Crippen molar-refractivity contribution >= 4 is 5.97 Å². The van der Waals surface area contributed by atoms with Crippen LogP contribution in [0, 0.1) is 5.41 Å². The Hall–Kier alpha value is -0.570. The SMILES string of the molecule is CCCCCCCCCCCCCCCCCC(=O)OCC(CC)(CC)CO. The molecule has 0 fully saturated rings. The topological polar surface area (TPSA) is 46.5 Å². The van der Waals surface area contributed by atoms with E-state index in [4.69, 9.17) is 4.74 Å². The van der Waals surface area contributed by atoms with Gasteiger partial charge in [-0.2, -0.15) is 0 Å². The standard InChI is InChI=1S/C25H50O3/c1-4-7-8-9-10-11-12-13-14-15-16-17-18-19-20-21-24(27)28-23-25(5-2,6-3)22-26/h26H,4-23H2,1-3H3. The predicted molar refractivity (Wildman–Crippen MR) is 121 cm³/mol. The summed E-state index contributed by atoms with van der Waals surface area (Å²) in [6, 6.07) is 0. The Morgan fingerprint density at radius 2 is 1.07 bits per heavy atom. The molecule has 0 aliphatic rings. The number of aliphatic hydroxyl groups is 1. The zero-order valence-electron chi connectivity index (χ0n) is 19.4. The van der Waals surface area contributed by atoms with E-state index < -0.39 is 0 Å². The highest BCUT2D eigenvalue weighted by atomic mass is 16.5. The van der Waals surface area contributed by atoms with Gasteiger partial charge in [0.25, 0.3) is 0 Å². The van der Waals surface area contributed by atoms with Crippen molar-refractivity contribution in [2.24, 2.45) is 5.41 Å². The lowest BCUT2D eigenvalue weighted by molar-refractivity contribution is -0.148. The van der Waals surface area contributed by atoms with Crippen molar-refractivity contribution in [3.63, 3.8) is 0 Å². The smallest absolute Gasteiger partial charge is 0.305 e. The number of aliphatic hydroxyl groups excluding tert-OH is 1. The molecule has 0 radical (unpaired) electrons. The van der Waals surface area contributed by atoms with E-state index in [1.54, 1.807) is 0 Å². The number of hydrogen-bond donors (Lipinski definition) is 1. The number of carbonyl (C=O) groups is 1. The zero-order valence-corrected chi connectivity index (χ0v) is 19.4. The summed E-state index contributed by atoms with van der Waals surface area (Å²) in [5, 5.41) is 9.52. The molecule has 0 aromatic heterocycles. The minimum Gasteiger partial charge on any atom is -0.465 e. The fourth-order valence-corrected chi connectivity index (χ4v) is 3.67. The molecule has 0 aliphatic heterocycles. The number of unbranched alkanes of at least 4 members (excludes halogenated alkanes) is 14. The van der Waals surface area contributed by atoms with Gasteiger partial charge in [-0.3, -0.25) is 4.79 Å². The van der Waals surface area contributed by atoms with Crippen LogP contribution in [0.3, 0.4) is 0 Å². The second kappa shape index (κ2) is 19.7. The second-order valence-electron chi connectivity index (χ2n) is 8.73. The molecule has 3 nitrogen and oxygen atoms in total. The van der Waals surface area contributed by atoms with Crippen molar-refractivity contribution in [1.82, 2.24) is 0 Å². The van der Waals surface area contributed by atoms with E-state index in [1.165, 1.54) is 83.5 Å². The first-order valence-electron chi connectivity index (χ1n) is 12.4. The second-order valence-corrected chi connectivity index (χ2v) is 8.73. The maximum atomic E-state index is 11.9. The zero-order chi connectivity index (χ0) is 20.9. The Morgan fingerprint density at radius 1 is 0.679 bits per heavy atom. The van der Waals surface area contributed by atoms with Crippen LogP contribution in [-0.4, -0.2) is 24.3 Å². The van der Waals surface area contributed by atoms with Crippen LogP contribution in [0.2, 0.25) is 0 Å². The van der Waals surface area contributed by atoms with E-state index in [0.717, 1.165) is 25.7 Å². The van der Waals surface area contributed by atoms with Crippen molar-refractivity contribution in [3.8, 4) is 0 Å². The van der Waals surface area contributed by atoms with Crippen LogP contribution < -0.4 is 0 Å². The lowest BCUT2D eigenvalue weighted by Gasteiger charge is -2.28. The van der Waals surface area contributed by atoms with Gasteiger partial charge < -0.3 is 9.84 Å². The van der Waals surface area contributed by atoms with Crippen LogP contribution in [0.5, 0.6) is 0 Å². The summed E-state index contributed by atoms with van der Waals surface area (Å²) in [5.74, 6) is -0.102. The normalized spacial score (nSPS) is 11.7. The summed E-state index contributed by atoms with van der Waals surface area (Å²) < 4.78 is 5.40. The molecule has 0 amide bonds. The Morgan fingerprint density at radius 3 is 1.43 bits per heavy atom. The number of esters is 1. The molecule has 0 spiro atoms. The molecule has 0 aromatic carbocycles. The van der Waals surface area contributed by atoms with Crippen molar-refractivity contribution in [2.75, 3.05) is 13.2 Å². The van der Waals surface area contributed by atoms with Gasteiger partial charge in [0.15, 0.2) is 0 Å². The highest BCUT2D eigenvalue weighted by Gasteiger charge is 2.27. The molecule has 0 unspecified atom stereocenters. The lowest BCUT2D eigenvalue weighted by atomic mass is 9.84. The van der Waals surface area contributed by atoms with Gasteiger partial charge in [-0.05, 0) is 19.3 Å². The number of carbonyl (C=O) groups excluding carboxylic acids is 1. The van der Waals surface area contributed by atoms with Crippen molar-refractivity contribution in [2.45, 2.75) is 136 Å². The van der Waals surface area contributed by atoms with Crippen LogP contribution in [0.25, 0.3) is 0 Å². The van der Waals surface area contributed by atoms with Gasteiger partial charge in [0.05, 0.1) is 13.2 Å². The Labute approximate surface area is 176 Å². The van der Waals surface area contributed by atoms with Crippen molar-refractivity contribution in [3.05, 3.63) is 0 Å². The highest BCUT2D eigenvalue weighted by molar-refractivity contribution is 5.69. The summed E-state index contributed by atoms with van der Waals surface area (Å²) in [4.78, 5) is 11.9. The molecule has 0 saturated carbocycles. The van der Waals surface area contributed by atoms with Gasteiger partial charge in [0, 0.05) is 11.8 Å². The van der Waals surface area contributed by atoms with Crippen LogP contribution in [-0.2, 0) is 9.53 Å². The summed E-state index contributed by atoms with van der Waals surface area (Å²) in [6.07, 6.45) is 22.2. The van der Waals surface area contributed by atoms with Crippen LogP contribution in [0.1, 0.15) is 136 Å². The molecule has 0 aliphatic carbocycles. The van der Waals surface area contributed by atoms with Gasteiger partial charge in [-0.15, -0.1) is 0 Å². The van der Waals surface area contributed by atoms with Crippen LogP contribution in [0.4, 0.5) is 0 Å². The van der Waals surface area contributed by atoms with Crippen LogP contribution >= 0.6 is 0 Å². The van der Waals surface area contributed by atoms with E-state index in [-0.39, 0.29) is 18.0 Å². The summed E-state index contributed by atoms with van der Waals surface area (Å²) in [7, 11) is 0. The lowest BCUT2D eigenvalue weighted by Crippen LogP contribution is -2.31. The van der Waals surface area contributed by atoms with Gasteiger partial charge >= 0.3 is 5.97 Å². The third kappa shape index (κ3) is 15.4. The molecule has 0 rings (SSSR count). The maximum Gasteiger partial charge on any atom is 0.305 e. The quantitative estimate of drug-likeness (QED) is 0.160. The summed E-state index contributed by atoms with van der Waals surface area (Å²) in [5.41, 5.74) is -0.245. The molecule has 0 heterocycles. The molecule has 0 atom stereocenters. The third-order valence-corrected chi connectivity index (χ3v) is 6.36. The van der Waals surface area contributed by atoms with E-state index >= 15 is 0 Å². The third-order valence-electron chi connectivity index (χ3n) is 6.36. The van der Waals surface area contributed by atoms with Crippen molar-refractivity contribution in [1.29, 1.82) is 0 Å². The Balaban J connectivity index is 3.36. The minimum absolute atomic E-state index is 0.0895. The van der Waals surface area contributed by atoms with Gasteiger partial charge in [-0.25, -0.2) is 0 Å². The average Bonchev–Trinajstić information content (AvgIpc) is 2.72. The van der Waals surface area contributed by atoms with E-state index in [9.17, 15) is 9.90 Å².